The molecule has 1 saturated heterocycles. The Morgan fingerprint density at radius 2 is 1.61 bits per heavy atom. The van der Waals surface area contributed by atoms with Crippen molar-refractivity contribution in [2.75, 3.05) is 36.0 Å². The maximum atomic E-state index is 12.9. The number of piperazine rings is 1. The van der Waals surface area contributed by atoms with E-state index >= 15 is 0 Å². The van der Waals surface area contributed by atoms with Crippen molar-refractivity contribution >= 4 is 22.8 Å². The maximum absolute atomic E-state index is 12.9. The third-order valence-electron chi connectivity index (χ3n) is 5.44. The summed E-state index contributed by atoms with van der Waals surface area (Å²) in [6.07, 6.45) is 3.29. The molecule has 9 nitrogen and oxygen atoms in total. The van der Waals surface area contributed by atoms with Crippen LogP contribution in [0.15, 0.2) is 70.5 Å². The second-order valence-electron chi connectivity index (χ2n) is 7.40. The lowest BCUT2D eigenvalue weighted by molar-refractivity contribution is 0.635. The lowest BCUT2D eigenvalue weighted by atomic mass is 10.2. The van der Waals surface area contributed by atoms with E-state index in [1.165, 1.54) is 10.8 Å². The van der Waals surface area contributed by atoms with Crippen molar-refractivity contribution in [3.05, 3.63) is 87.3 Å². The summed E-state index contributed by atoms with van der Waals surface area (Å²) in [5.41, 5.74) is 0.259. The fraction of sp³-hybridized carbons (Fsp3) is 0.227. The summed E-state index contributed by atoms with van der Waals surface area (Å²) in [4.78, 5) is 45.7. The first kappa shape index (κ1) is 19.0. The molecule has 0 amide bonds. The van der Waals surface area contributed by atoms with E-state index in [0.717, 1.165) is 37.6 Å². The highest BCUT2D eigenvalue weighted by Crippen LogP contribution is 2.16. The maximum Gasteiger partial charge on any atom is 0.330 e. The van der Waals surface area contributed by atoms with Gasteiger partial charge in [-0.1, -0.05) is 36.4 Å². The van der Waals surface area contributed by atoms with Crippen molar-refractivity contribution in [3.8, 4) is 0 Å². The molecule has 156 valence electrons. The van der Waals surface area contributed by atoms with E-state index in [4.69, 9.17) is 0 Å². The fourth-order valence-corrected chi connectivity index (χ4v) is 3.77. The largest absolute Gasteiger partial charge is 0.353 e. The number of hydrogen-bond donors (Lipinski definition) is 1. The van der Waals surface area contributed by atoms with Crippen LogP contribution in [0.25, 0.3) is 11.0 Å². The molecule has 0 saturated carbocycles. The van der Waals surface area contributed by atoms with Crippen molar-refractivity contribution < 1.29 is 0 Å². The first-order valence-corrected chi connectivity index (χ1v) is 10.1. The first-order chi connectivity index (χ1) is 15.2. The Labute approximate surface area is 177 Å². The number of rotatable bonds is 4. The molecule has 1 N–H and O–H groups in total. The van der Waals surface area contributed by atoms with Crippen LogP contribution < -0.4 is 21.0 Å². The van der Waals surface area contributed by atoms with Crippen molar-refractivity contribution in [2.45, 2.75) is 6.54 Å². The number of benzene rings is 1. The summed E-state index contributed by atoms with van der Waals surface area (Å²) in [5, 5.41) is 0.298. The van der Waals surface area contributed by atoms with Crippen LogP contribution in [0.1, 0.15) is 5.56 Å². The predicted molar refractivity (Wildman–Crippen MR) is 119 cm³/mol. The van der Waals surface area contributed by atoms with Crippen LogP contribution in [-0.4, -0.2) is 50.7 Å². The monoisotopic (exact) mass is 415 g/mol. The zero-order valence-electron chi connectivity index (χ0n) is 16.8. The Balaban J connectivity index is 1.39. The Morgan fingerprint density at radius 1 is 0.871 bits per heavy atom. The number of aromatic amines is 1. The lowest BCUT2D eigenvalue weighted by Crippen LogP contribution is -2.47. The second-order valence-corrected chi connectivity index (χ2v) is 7.40. The molecule has 4 heterocycles. The summed E-state index contributed by atoms with van der Waals surface area (Å²) in [6, 6.07) is 15.3. The van der Waals surface area contributed by atoms with E-state index in [1.807, 2.05) is 53.4 Å². The molecule has 31 heavy (non-hydrogen) atoms. The van der Waals surface area contributed by atoms with Gasteiger partial charge in [0.15, 0.2) is 5.65 Å². The van der Waals surface area contributed by atoms with Crippen molar-refractivity contribution in [1.82, 2.24) is 24.5 Å². The highest BCUT2D eigenvalue weighted by atomic mass is 16.2. The van der Waals surface area contributed by atoms with Crippen LogP contribution in [-0.2, 0) is 6.54 Å². The number of aromatic nitrogens is 5. The van der Waals surface area contributed by atoms with Crippen molar-refractivity contribution in [1.29, 1.82) is 0 Å². The summed E-state index contributed by atoms with van der Waals surface area (Å²) in [7, 11) is 0. The van der Waals surface area contributed by atoms with Gasteiger partial charge in [0.05, 0.1) is 6.54 Å². The van der Waals surface area contributed by atoms with Gasteiger partial charge in [-0.15, -0.1) is 0 Å². The highest BCUT2D eigenvalue weighted by molar-refractivity contribution is 5.73. The topological polar surface area (TPSA) is 100 Å². The average Bonchev–Trinajstić information content (AvgIpc) is 2.83. The van der Waals surface area contributed by atoms with E-state index < -0.39 is 11.2 Å². The Hall–Kier alpha value is -4.01. The van der Waals surface area contributed by atoms with Crippen LogP contribution in [0.4, 0.5) is 11.8 Å². The van der Waals surface area contributed by atoms with Gasteiger partial charge in [0.1, 0.15) is 11.2 Å². The third kappa shape index (κ3) is 3.77. The number of pyridine rings is 1. The molecule has 9 heteroatoms. The zero-order chi connectivity index (χ0) is 21.2. The molecule has 1 aliphatic heterocycles. The minimum atomic E-state index is -0.481. The predicted octanol–water partition coefficient (Wildman–Crippen LogP) is 1.25. The molecule has 0 spiro atoms. The normalized spacial score (nSPS) is 14.2. The minimum absolute atomic E-state index is 0.197. The number of nitrogens with zero attached hydrogens (tertiary/aromatic N) is 6. The molecule has 1 aliphatic rings. The van der Waals surface area contributed by atoms with Crippen LogP contribution >= 0.6 is 0 Å². The smallest absolute Gasteiger partial charge is 0.330 e. The summed E-state index contributed by atoms with van der Waals surface area (Å²) >= 11 is 0. The summed E-state index contributed by atoms with van der Waals surface area (Å²) in [6.45, 7) is 3.21. The van der Waals surface area contributed by atoms with Gasteiger partial charge >= 0.3 is 5.69 Å². The van der Waals surface area contributed by atoms with Crippen LogP contribution in [0, 0.1) is 0 Å². The Bertz CT molecular complexity index is 1310. The van der Waals surface area contributed by atoms with Gasteiger partial charge in [0.25, 0.3) is 5.56 Å². The number of nitrogens with one attached hydrogen (secondary N) is 1. The van der Waals surface area contributed by atoms with Crippen molar-refractivity contribution in [2.24, 2.45) is 0 Å². The minimum Gasteiger partial charge on any atom is -0.353 e. The molecular formula is C22H21N7O2. The number of anilines is 2. The lowest BCUT2D eigenvalue weighted by Gasteiger charge is -2.35. The third-order valence-corrected chi connectivity index (χ3v) is 5.44. The van der Waals surface area contributed by atoms with Gasteiger partial charge in [-0.2, -0.15) is 4.98 Å². The van der Waals surface area contributed by atoms with E-state index in [1.54, 1.807) is 6.20 Å². The van der Waals surface area contributed by atoms with E-state index in [2.05, 4.69) is 24.8 Å². The van der Waals surface area contributed by atoms with Gasteiger partial charge in [0.2, 0.25) is 5.95 Å². The molecule has 0 unspecified atom stereocenters. The quantitative estimate of drug-likeness (QED) is 0.535. The molecular weight excluding hydrogens is 394 g/mol. The number of H-pyrrole nitrogens is 1. The molecule has 0 aliphatic carbocycles. The Morgan fingerprint density at radius 3 is 2.35 bits per heavy atom. The highest BCUT2D eigenvalue weighted by Gasteiger charge is 2.21. The van der Waals surface area contributed by atoms with Gasteiger partial charge < -0.3 is 9.80 Å². The second kappa shape index (κ2) is 8.02. The van der Waals surface area contributed by atoms with E-state index in [0.29, 0.717) is 11.3 Å². The Kier molecular flexibility index (Phi) is 4.91. The summed E-state index contributed by atoms with van der Waals surface area (Å²) < 4.78 is 1.17. The molecule has 5 rings (SSSR count). The molecule has 1 aromatic carbocycles. The van der Waals surface area contributed by atoms with Crippen LogP contribution in [0.3, 0.4) is 0 Å². The standard InChI is InChI=1S/C22H21N7O2/c30-20-17-14-24-21(28-12-10-27(11-13-28)18-8-4-5-9-23-18)25-19(17)26-22(31)29(20)15-16-6-2-1-3-7-16/h1-9,14H,10-13,15H2,(H,24,25,26,31). The van der Waals surface area contributed by atoms with Crippen LogP contribution in [0.5, 0.6) is 0 Å². The summed E-state index contributed by atoms with van der Waals surface area (Å²) in [5.74, 6) is 1.45. The molecule has 4 aromatic rings. The average molecular weight is 415 g/mol. The van der Waals surface area contributed by atoms with Gasteiger partial charge in [-0.25, -0.2) is 14.8 Å². The van der Waals surface area contributed by atoms with Gasteiger partial charge in [0, 0.05) is 38.6 Å². The van der Waals surface area contributed by atoms with E-state index in [9.17, 15) is 9.59 Å². The zero-order valence-corrected chi connectivity index (χ0v) is 16.8. The van der Waals surface area contributed by atoms with E-state index in [-0.39, 0.29) is 12.2 Å². The number of fused-ring (bicyclic) bond motifs is 1. The first-order valence-electron chi connectivity index (χ1n) is 10.1. The SMILES string of the molecule is O=c1[nH]c2nc(N3CCN(c4ccccn4)CC3)ncc2c(=O)n1Cc1ccccc1. The van der Waals surface area contributed by atoms with Crippen molar-refractivity contribution in [3.63, 3.8) is 0 Å². The molecule has 0 radical (unpaired) electrons. The molecule has 1 fully saturated rings. The molecule has 3 aromatic heterocycles. The van der Waals surface area contributed by atoms with Gasteiger partial charge in [-0.05, 0) is 17.7 Å². The van der Waals surface area contributed by atoms with Crippen LogP contribution in [0.2, 0.25) is 0 Å². The molecule has 0 bridgehead atoms. The van der Waals surface area contributed by atoms with Gasteiger partial charge in [-0.3, -0.25) is 14.3 Å². The molecule has 0 atom stereocenters. The number of hydrogen-bond acceptors (Lipinski definition) is 7. The fourth-order valence-electron chi connectivity index (χ4n) is 3.77.